The molecule has 0 aromatic carbocycles. The first kappa shape index (κ1) is 11.8. The standard InChI is InChI=1S/C12H18BrN3/c1-9(2)11-14-8-10(13)12(15-11)16-6-4-3-5-7-16/h8-9H,3-7H2,1-2H3. The third-order valence-electron chi connectivity index (χ3n) is 2.92. The van der Waals surface area contributed by atoms with E-state index in [1.54, 1.807) is 0 Å². The summed E-state index contributed by atoms with van der Waals surface area (Å²) in [6, 6.07) is 0. The summed E-state index contributed by atoms with van der Waals surface area (Å²) in [7, 11) is 0. The molecule has 0 N–H and O–H groups in total. The van der Waals surface area contributed by atoms with Crippen LogP contribution >= 0.6 is 15.9 Å². The molecule has 4 heteroatoms. The smallest absolute Gasteiger partial charge is 0.146 e. The minimum atomic E-state index is 0.386. The Morgan fingerprint density at radius 2 is 1.94 bits per heavy atom. The molecule has 2 rings (SSSR count). The van der Waals surface area contributed by atoms with Gasteiger partial charge in [-0.2, -0.15) is 0 Å². The Morgan fingerprint density at radius 1 is 1.25 bits per heavy atom. The Labute approximate surface area is 105 Å². The summed E-state index contributed by atoms with van der Waals surface area (Å²) in [5.41, 5.74) is 0. The molecular weight excluding hydrogens is 266 g/mol. The second kappa shape index (κ2) is 5.13. The van der Waals surface area contributed by atoms with Gasteiger partial charge in [0.15, 0.2) is 0 Å². The Balaban J connectivity index is 2.27. The predicted molar refractivity (Wildman–Crippen MR) is 69.9 cm³/mol. The van der Waals surface area contributed by atoms with E-state index in [1.807, 2.05) is 6.20 Å². The molecule has 1 aliphatic rings. The molecule has 0 saturated carbocycles. The number of hydrogen-bond donors (Lipinski definition) is 0. The highest BCUT2D eigenvalue weighted by Gasteiger charge is 2.16. The predicted octanol–water partition coefficient (Wildman–Crippen LogP) is 3.35. The SMILES string of the molecule is CC(C)c1ncc(Br)c(N2CCCCC2)n1. The monoisotopic (exact) mass is 283 g/mol. The van der Waals surface area contributed by atoms with E-state index in [0.29, 0.717) is 5.92 Å². The van der Waals surface area contributed by atoms with Gasteiger partial charge >= 0.3 is 0 Å². The van der Waals surface area contributed by atoms with Gasteiger partial charge in [-0.25, -0.2) is 9.97 Å². The van der Waals surface area contributed by atoms with E-state index in [4.69, 9.17) is 0 Å². The first-order chi connectivity index (χ1) is 7.68. The van der Waals surface area contributed by atoms with Crippen molar-refractivity contribution < 1.29 is 0 Å². The van der Waals surface area contributed by atoms with Gasteiger partial charge in [0, 0.05) is 25.2 Å². The summed E-state index contributed by atoms with van der Waals surface area (Å²) in [6.45, 7) is 6.49. The molecule has 0 amide bonds. The van der Waals surface area contributed by atoms with Crippen molar-refractivity contribution in [1.82, 2.24) is 9.97 Å². The molecule has 1 aromatic heterocycles. The second-order valence-corrected chi connectivity index (χ2v) is 5.46. The summed E-state index contributed by atoms with van der Waals surface area (Å²) >= 11 is 3.55. The zero-order chi connectivity index (χ0) is 11.5. The van der Waals surface area contributed by atoms with Crippen LogP contribution in [-0.2, 0) is 0 Å². The van der Waals surface area contributed by atoms with Crippen LogP contribution < -0.4 is 4.90 Å². The van der Waals surface area contributed by atoms with E-state index >= 15 is 0 Å². The summed E-state index contributed by atoms with van der Waals surface area (Å²) < 4.78 is 1.01. The average Bonchev–Trinajstić information content (AvgIpc) is 2.30. The first-order valence-electron chi connectivity index (χ1n) is 5.96. The van der Waals surface area contributed by atoms with Crippen LogP contribution in [0.5, 0.6) is 0 Å². The molecule has 16 heavy (non-hydrogen) atoms. The average molecular weight is 284 g/mol. The maximum absolute atomic E-state index is 4.66. The minimum absolute atomic E-state index is 0.386. The van der Waals surface area contributed by atoms with Gasteiger partial charge in [0.1, 0.15) is 11.6 Å². The normalized spacial score (nSPS) is 16.9. The number of aromatic nitrogens is 2. The highest BCUT2D eigenvalue weighted by Crippen LogP contribution is 2.27. The van der Waals surface area contributed by atoms with Gasteiger partial charge < -0.3 is 4.90 Å². The third kappa shape index (κ3) is 2.54. The van der Waals surface area contributed by atoms with Crippen molar-refractivity contribution >= 4 is 21.7 Å². The van der Waals surface area contributed by atoms with Crippen LogP contribution in [0.25, 0.3) is 0 Å². The van der Waals surface area contributed by atoms with Crippen molar-refractivity contribution in [3.63, 3.8) is 0 Å². The number of rotatable bonds is 2. The summed E-state index contributed by atoms with van der Waals surface area (Å²) in [5.74, 6) is 2.39. The largest absolute Gasteiger partial charge is 0.356 e. The Kier molecular flexibility index (Phi) is 3.79. The molecule has 88 valence electrons. The van der Waals surface area contributed by atoms with Crippen molar-refractivity contribution in [2.45, 2.75) is 39.0 Å². The van der Waals surface area contributed by atoms with Gasteiger partial charge in [0.05, 0.1) is 4.47 Å². The molecular formula is C12H18BrN3. The number of nitrogens with zero attached hydrogens (tertiary/aromatic N) is 3. The number of anilines is 1. The number of piperidine rings is 1. The van der Waals surface area contributed by atoms with Crippen molar-refractivity contribution in [3.05, 3.63) is 16.5 Å². The fraction of sp³-hybridized carbons (Fsp3) is 0.667. The molecule has 1 aromatic rings. The van der Waals surface area contributed by atoms with Gasteiger partial charge in [0.2, 0.25) is 0 Å². The van der Waals surface area contributed by atoms with Crippen LogP contribution in [0, 0.1) is 0 Å². The van der Waals surface area contributed by atoms with Crippen LogP contribution in [-0.4, -0.2) is 23.1 Å². The molecule has 2 heterocycles. The van der Waals surface area contributed by atoms with E-state index in [1.165, 1.54) is 19.3 Å². The molecule has 0 bridgehead atoms. The molecule has 0 spiro atoms. The van der Waals surface area contributed by atoms with Crippen LogP contribution in [0.3, 0.4) is 0 Å². The van der Waals surface area contributed by atoms with E-state index in [2.05, 4.69) is 44.6 Å². The molecule has 1 fully saturated rings. The Morgan fingerprint density at radius 3 is 2.56 bits per heavy atom. The highest BCUT2D eigenvalue weighted by molar-refractivity contribution is 9.10. The molecule has 0 radical (unpaired) electrons. The van der Waals surface area contributed by atoms with Crippen LogP contribution in [0.4, 0.5) is 5.82 Å². The van der Waals surface area contributed by atoms with Crippen molar-refractivity contribution in [2.75, 3.05) is 18.0 Å². The quantitative estimate of drug-likeness (QED) is 0.834. The molecule has 0 unspecified atom stereocenters. The lowest BCUT2D eigenvalue weighted by Crippen LogP contribution is -2.30. The second-order valence-electron chi connectivity index (χ2n) is 4.60. The molecule has 1 saturated heterocycles. The Hall–Kier alpha value is -0.640. The lowest BCUT2D eigenvalue weighted by molar-refractivity contribution is 0.570. The van der Waals surface area contributed by atoms with Crippen molar-refractivity contribution in [3.8, 4) is 0 Å². The zero-order valence-corrected chi connectivity index (χ0v) is 11.5. The van der Waals surface area contributed by atoms with Crippen LogP contribution in [0.15, 0.2) is 10.7 Å². The van der Waals surface area contributed by atoms with Gasteiger partial charge in [-0.15, -0.1) is 0 Å². The minimum Gasteiger partial charge on any atom is -0.356 e. The molecule has 0 aliphatic carbocycles. The maximum Gasteiger partial charge on any atom is 0.146 e. The first-order valence-corrected chi connectivity index (χ1v) is 6.75. The summed E-state index contributed by atoms with van der Waals surface area (Å²) in [4.78, 5) is 11.4. The van der Waals surface area contributed by atoms with Crippen LogP contribution in [0.1, 0.15) is 44.9 Å². The summed E-state index contributed by atoms with van der Waals surface area (Å²) in [6.07, 6.45) is 5.77. The van der Waals surface area contributed by atoms with Crippen LogP contribution in [0.2, 0.25) is 0 Å². The fourth-order valence-corrected chi connectivity index (χ4v) is 2.42. The molecule has 1 aliphatic heterocycles. The van der Waals surface area contributed by atoms with E-state index in [0.717, 1.165) is 29.2 Å². The number of hydrogen-bond acceptors (Lipinski definition) is 3. The molecule has 3 nitrogen and oxygen atoms in total. The zero-order valence-electron chi connectivity index (χ0n) is 9.91. The summed E-state index contributed by atoms with van der Waals surface area (Å²) in [5, 5.41) is 0. The maximum atomic E-state index is 4.66. The van der Waals surface area contributed by atoms with Gasteiger partial charge in [0.25, 0.3) is 0 Å². The van der Waals surface area contributed by atoms with E-state index in [-0.39, 0.29) is 0 Å². The van der Waals surface area contributed by atoms with E-state index in [9.17, 15) is 0 Å². The van der Waals surface area contributed by atoms with Gasteiger partial charge in [-0.3, -0.25) is 0 Å². The highest BCUT2D eigenvalue weighted by atomic mass is 79.9. The number of halogens is 1. The van der Waals surface area contributed by atoms with Gasteiger partial charge in [-0.05, 0) is 35.2 Å². The molecule has 0 atom stereocenters. The Bertz CT molecular complexity index is 359. The topological polar surface area (TPSA) is 29.0 Å². The van der Waals surface area contributed by atoms with E-state index < -0.39 is 0 Å². The van der Waals surface area contributed by atoms with Gasteiger partial charge in [-0.1, -0.05) is 13.8 Å². The van der Waals surface area contributed by atoms with Crippen molar-refractivity contribution in [2.24, 2.45) is 0 Å². The van der Waals surface area contributed by atoms with Crippen molar-refractivity contribution in [1.29, 1.82) is 0 Å². The third-order valence-corrected chi connectivity index (χ3v) is 3.48. The lowest BCUT2D eigenvalue weighted by atomic mass is 10.1. The fourth-order valence-electron chi connectivity index (χ4n) is 1.98. The lowest BCUT2D eigenvalue weighted by Gasteiger charge is -2.28.